The maximum atomic E-state index is 13.0. The van der Waals surface area contributed by atoms with Gasteiger partial charge in [-0.25, -0.2) is 9.37 Å². The average molecular weight is 416 g/mol. The minimum atomic E-state index is -0.307. The lowest BCUT2D eigenvalue weighted by Gasteiger charge is -2.26. The van der Waals surface area contributed by atoms with Crippen molar-refractivity contribution in [3.05, 3.63) is 77.0 Å². The largest absolute Gasteiger partial charge is 0.441 e. The third-order valence-electron chi connectivity index (χ3n) is 4.63. The van der Waals surface area contributed by atoms with Crippen LogP contribution >= 0.6 is 11.6 Å². The molecule has 0 saturated heterocycles. The van der Waals surface area contributed by atoms with Crippen LogP contribution in [0.1, 0.15) is 23.9 Å². The van der Waals surface area contributed by atoms with Crippen molar-refractivity contribution < 1.29 is 13.6 Å². The normalized spacial score (nSPS) is 12.2. The van der Waals surface area contributed by atoms with Crippen molar-refractivity contribution in [2.75, 3.05) is 20.6 Å². The fourth-order valence-electron chi connectivity index (χ4n) is 3.01. The Labute approximate surface area is 174 Å². The van der Waals surface area contributed by atoms with Crippen LogP contribution in [0.4, 0.5) is 4.39 Å². The molecule has 0 fully saturated rings. The van der Waals surface area contributed by atoms with Crippen LogP contribution in [0.2, 0.25) is 5.02 Å². The molecule has 2 aromatic carbocycles. The summed E-state index contributed by atoms with van der Waals surface area (Å²) in [6, 6.07) is 13.6. The first-order chi connectivity index (χ1) is 13.9. The van der Waals surface area contributed by atoms with Gasteiger partial charge in [0, 0.05) is 30.0 Å². The molecule has 0 unspecified atom stereocenters. The summed E-state index contributed by atoms with van der Waals surface area (Å²) in [4.78, 5) is 18.5. The lowest BCUT2D eigenvalue weighted by atomic mass is 10.1. The summed E-state index contributed by atoms with van der Waals surface area (Å²) >= 11 is 6.30. The summed E-state index contributed by atoms with van der Waals surface area (Å²) in [6.07, 6.45) is 2.22. The highest BCUT2D eigenvalue weighted by Gasteiger charge is 2.18. The number of amides is 1. The number of carbonyl (C=O) groups excluding carboxylic acids is 1. The lowest BCUT2D eigenvalue weighted by Crippen LogP contribution is -2.34. The number of nitrogens with one attached hydrogen (secondary N) is 1. The number of likely N-dealkylation sites (N-methyl/N-ethyl adjacent to an activating group) is 1. The van der Waals surface area contributed by atoms with Crippen LogP contribution in [0, 0.1) is 5.82 Å². The molecule has 1 atom stereocenters. The van der Waals surface area contributed by atoms with Gasteiger partial charge in [0.15, 0.2) is 11.7 Å². The van der Waals surface area contributed by atoms with Crippen molar-refractivity contribution in [3.8, 4) is 11.3 Å². The van der Waals surface area contributed by atoms with Crippen LogP contribution in [0.25, 0.3) is 11.3 Å². The molecule has 152 valence electrons. The molecular formula is C22H23ClFN3O2. The average Bonchev–Trinajstić information content (AvgIpc) is 3.17. The van der Waals surface area contributed by atoms with Crippen LogP contribution in [-0.2, 0) is 11.2 Å². The molecule has 0 aliphatic rings. The summed E-state index contributed by atoms with van der Waals surface area (Å²) in [5.74, 6) is 0.616. The second-order valence-electron chi connectivity index (χ2n) is 6.93. The predicted molar refractivity (Wildman–Crippen MR) is 111 cm³/mol. The molecule has 1 aromatic heterocycles. The highest BCUT2D eigenvalue weighted by molar-refractivity contribution is 6.31. The van der Waals surface area contributed by atoms with Crippen molar-refractivity contribution >= 4 is 17.5 Å². The highest BCUT2D eigenvalue weighted by atomic mass is 35.5. The minimum absolute atomic E-state index is 0.0283. The summed E-state index contributed by atoms with van der Waals surface area (Å²) in [6.45, 7) is 0.446. The zero-order valence-corrected chi connectivity index (χ0v) is 17.1. The second-order valence-corrected chi connectivity index (χ2v) is 7.34. The van der Waals surface area contributed by atoms with E-state index in [4.69, 9.17) is 16.0 Å². The molecule has 0 aliphatic carbocycles. The number of halogens is 2. The van der Waals surface area contributed by atoms with Gasteiger partial charge in [-0.05, 0) is 50.0 Å². The number of rotatable bonds is 8. The molecule has 0 radical (unpaired) electrons. The quantitative estimate of drug-likeness (QED) is 0.589. The first kappa shape index (κ1) is 21.0. The molecule has 1 N–H and O–H groups in total. The summed E-state index contributed by atoms with van der Waals surface area (Å²) in [7, 11) is 3.90. The Morgan fingerprint density at radius 1 is 1.21 bits per heavy atom. The Morgan fingerprint density at radius 2 is 1.93 bits per heavy atom. The molecule has 1 amide bonds. The topological polar surface area (TPSA) is 58.4 Å². The SMILES string of the molecule is CN(C)[C@H](CNC(=O)CCc1ncc(-c2ccc(F)cc2)o1)c1ccccc1Cl. The number of carbonyl (C=O) groups is 1. The van der Waals surface area contributed by atoms with Crippen LogP contribution < -0.4 is 5.32 Å². The predicted octanol–water partition coefficient (Wildman–Crippen LogP) is 4.49. The molecule has 0 bridgehead atoms. The molecule has 3 aromatic rings. The van der Waals surface area contributed by atoms with E-state index in [-0.39, 0.29) is 24.2 Å². The summed E-state index contributed by atoms with van der Waals surface area (Å²) in [5.41, 5.74) is 1.71. The Bertz CT molecular complexity index is 957. The fourth-order valence-corrected chi connectivity index (χ4v) is 3.27. The fraction of sp³-hybridized carbons (Fsp3) is 0.273. The second kappa shape index (κ2) is 9.67. The Hall–Kier alpha value is -2.70. The number of benzene rings is 2. The molecule has 0 aliphatic heterocycles. The first-order valence-corrected chi connectivity index (χ1v) is 9.70. The van der Waals surface area contributed by atoms with Gasteiger partial charge >= 0.3 is 0 Å². The van der Waals surface area contributed by atoms with Gasteiger partial charge in [0.05, 0.1) is 12.2 Å². The van der Waals surface area contributed by atoms with Gasteiger partial charge in [-0.15, -0.1) is 0 Å². The van der Waals surface area contributed by atoms with Gasteiger partial charge in [0.1, 0.15) is 5.82 Å². The number of aryl methyl sites for hydroxylation is 1. The summed E-state index contributed by atoms with van der Waals surface area (Å²) < 4.78 is 18.7. The van der Waals surface area contributed by atoms with E-state index in [0.717, 1.165) is 11.1 Å². The molecular weight excluding hydrogens is 393 g/mol. The van der Waals surface area contributed by atoms with E-state index in [2.05, 4.69) is 10.3 Å². The number of oxazole rings is 1. The zero-order valence-electron chi connectivity index (χ0n) is 16.4. The van der Waals surface area contributed by atoms with Crippen LogP contribution in [0.15, 0.2) is 59.1 Å². The maximum Gasteiger partial charge on any atom is 0.220 e. The Morgan fingerprint density at radius 3 is 2.62 bits per heavy atom. The van der Waals surface area contributed by atoms with Gasteiger partial charge in [0.25, 0.3) is 0 Å². The molecule has 7 heteroatoms. The monoisotopic (exact) mass is 415 g/mol. The van der Waals surface area contributed by atoms with E-state index in [9.17, 15) is 9.18 Å². The number of aromatic nitrogens is 1. The van der Waals surface area contributed by atoms with Gasteiger partial charge in [0.2, 0.25) is 5.91 Å². The van der Waals surface area contributed by atoms with Crippen LogP contribution in [0.3, 0.4) is 0 Å². The molecule has 3 rings (SSSR count). The Kier molecular flexibility index (Phi) is 7.01. The standard InChI is InChI=1S/C22H23ClFN3O2/c1-27(2)19(17-5-3-4-6-18(17)23)13-25-21(28)11-12-22-26-14-20(29-22)15-7-9-16(24)10-8-15/h3-10,14,19H,11-13H2,1-2H3,(H,25,28)/t19-/m1/s1. The van der Waals surface area contributed by atoms with Crippen molar-refractivity contribution in [1.82, 2.24) is 15.2 Å². The maximum absolute atomic E-state index is 13.0. The van der Waals surface area contributed by atoms with Crippen molar-refractivity contribution in [2.24, 2.45) is 0 Å². The van der Waals surface area contributed by atoms with Gasteiger partial charge < -0.3 is 14.6 Å². The molecule has 5 nitrogen and oxygen atoms in total. The number of hydrogen-bond donors (Lipinski definition) is 1. The van der Waals surface area contributed by atoms with E-state index >= 15 is 0 Å². The molecule has 29 heavy (non-hydrogen) atoms. The van der Waals surface area contributed by atoms with E-state index < -0.39 is 0 Å². The van der Waals surface area contributed by atoms with E-state index in [1.54, 1.807) is 18.3 Å². The summed E-state index contributed by atoms with van der Waals surface area (Å²) in [5, 5.41) is 3.63. The van der Waals surface area contributed by atoms with Crippen LogP contribution in [-0.4, -0.2) is 36.4 Å². The zero-order chi connectivity index (χ0) is 20.8. The van der Waals surface area contributed by atoms with Gasteiger partial charge in [-0.3, -0.25) is 4.79 Å². The van der Waals surface area contributed by atoms with E-state index in [1.807, 2.05) is 43.3 Å². The number of hydrogen-bond acceptors (Lipinski definition) is 4. The van der Waals surface area contributed by atoms with Crippen molar-refractivity contribution in [3.63, 3.8) is 0 Å². The Balaban J connectivity index is 1.53. The smallest absolute Gasteiger partial charge is 0.220 e. The van der Waals surface area contributed by atoms with Crippen molar-refractivity contribution in [2.45, 2.75) is 18.9 Å². The highest BCUT2D eigenvalue weighted by Crippen LogP contribution is 2.25. The number of nitrogens with zero attached hydrogens (tertiary/aromatic N) is 2. The lowest BCUT2D eigenvalue weighted by molar-refractivity contribution is -0.121. The van der Waals surface area contributed by atoms with E-state index in [0.29, 0.717) is 29.6 Å². The molecule has 0 spiro atoms. The van der Waals surface area contributed by atoms with Crippen molar-refractivity contribution in [1.29, 1.82) is 0 Å². The first-order valence-electron chi connectivity index (χ1n) is 9.32. The van der Waals surface area contributed by atoms with E-state index in [1.165, 1.54) is 12.1 Å². The molecule has 0 saturated carbocycles. The van der Waals surface area contributed by atoms with Crippen LogP contribution in [0.5, 0.6) is 0 Å². The van der Waals surface area contributed by atoms with Gasteiger partial charge in [-0.1, -0.05) is 29.8 Å². The minimum Gasteiger partial charge on any atom is -0.441 e. The third kappa shape index (κ3) is 5.65. The third-order valence-corrected chi connectivity index (χ3v) is 4.97. The molecule has 1 heterocycles. The van der Waals surface area contributed by atoms with Gasteiger partial charge in [-0.2, -0.15) is 0 Å².